The van der Waals surface area contributed by atoms with E-state index in [0.29, 0.717) is 16.6 Å². The van der Waals surface area contributed by atoms with Gasteiger partial charge < -0.3 is 15.4 Å². The Hall–Kier alpha value is -2.54. The predicted octanol–water partition coefficient (Wildman–Crippen LogP) is 4.66. The molecule has 2 aromatic rings. The number of benzene rings is 1. The zero-order chi connectivity index (χ0) is 22.3. The molecule has 8 heteroatoms. The number of hydrogen-bond donors (Lipinski definition) is 2. The first-order valence-corrected chi connectivity index (χ1v) is 12.0. The molecule has 4 rings (SSSR count). The molecule has 1 heterocycles. The summed E-state index contributed by atoms with van der Waals surface area (Å²) in [6.45, 7) is 0.0348. The van der Waals surface area contributed by atoms with E-state index in [0.717, 1.165) is 37.0 Å². The van der Waals surface area contributed by atoms with Gasteiger partial charge in [0.1, 0.15) is 12.3 Å². The Labute approximate surface area is 193 Å². The number of rotatable bonds is 8. The fraction of sp³-hybridized carbons (Fsp3) is 0.542. The minimum absolute atomic E-state index is 0.0563. The zero-order valence-corrected chi connectivity index (χ0v) is 19.1. The molecule has 0 bridgehead atoms. The highest BCUT2D eigenvalue weighted by atomic mass is 35.5. The Kier molecular flexibility index (Phi) is 7.68. The largest absolute Gasteiger partial charge is 0.483 e. The lowest BCUT2D eigenvalue weighted by atomic mass is 9.84. The fourth-order valence-electron chi connectivity index (χ4n) is 4.73. The minimum Gasteiger partial charge on any atom is -0.483 e. The van der Waals surface area contributed by atoms with Gasteiger partial charge in [-0.2, -0.15) is 5.10 Å². The van der Waals surface area contributed by atoms with Crippen LogP contribution in [0.4, 0.5) is 5.69 Å². The summed E-state index contributed by atoms with van der Waals surface area (Å²) in [5, 5.41) is 10.7. The molecule has 2 fully saturated rings. The van der Waals surface area contributed by atoms with Crippen molar-refractivity contribution in [3.8, 4) is 5.75 Å². The Morgan fingerprint density at radius 1 is 1.06 bits per heavy atom. The van der Waals surface area contributed by atoms with Crippen molar-refractivity contribution in [3.63, 3.8) is 0 Å². The van der Waals surface area contributed by atoms with Crippen LogP contribution in [-0.4, -0.2) is 34.2 Å². The first kappa shape index (κ1) is 22.6. The van der Waals surface area contributed by atoms with E-state index in [4.69, 9.17) is 16.3 Å². The van der Waals surface area contributed by atoms with Crippen LogP contribution in [0.25, 0.3) is 0 Å². The van der Waals surface area contributed by atoms with E-state index in [-0.39, 0.29) is 31.0 Å². The van der Waals surface area contributed by atoms with Gasteiger partial charge >= 0.3 is 0 Å². The van der Waals surface area contributed by atoms with E-state index in [1.165, 1.54) is 43.0 Å². The van der Waals surface area contributed by atoms with E-state index in [2.05, 4.69) is 15.7 Å². The van der Waals surface area contributed by atoms with Gasteiger partial charge in [0.05, 0.1) is 11.9 Å². The molecule has 2 aliphatic carbocycles. The van der Waals surface area contributed by atoms with Crippen molar-refractivity contribution in [2.24, 2.45) is 0 Å². The molecule has 0 radical (unpaired) electrons. The van der Waals surface area contributed by atoms with Crippen molar-refractivity contribution in [2.45, 2.75) is 76.3 Å². The van der Waals surface area contributed by atoms with Crippen LogP contribution in [0, 0.1) is 0 Å². The van der Waals surface area contributed by atoms with Crippen molar-refractivity contribution >= 4 is 29.1 Å². The SMILES string of the molecule is O=C(COc1ccc(Cl)cc1C1CCCCC1)Nc1cnn(CC(=O)NC2CCCC2)c1. The third-order valence-corrected chi connectivity index (χ3v) is 6.55. The number of amides is 2. The van der Waals surface area contributed by atoms with Crippen LogP contribution in [0.15, 0.2) is 30.6 Å². The first-order chi connectivity index (χ1) is 15.6. The molecule has 0 unspecified atom stereocenters. The van der Waals surface area contributed by atoms with Gasteiger partial charge in [0.25, 0.3) is 5.91 Å². The van der Waals surface area contributed by atoms with Gasteiger partial charge in [-0.05, 0) is 55.4 Å². The van der Waals surface area contributed by atoms with E-state index < -0.39 is 0 Å². The van der Waals surface area contributed by atoms with Crippen LogP contribution < -0.4 is 15.4 Å². The lowest BCUT2D eigenvalue weighted by Crippen LogP contribution is -2.35. The van der Waals surface area contributed by atoms with E-state index in [1.807, 2.05) is 12.1 Å². The summed E-state index contributed by atoms with van der Waals surface area (Å²) in [7, 11) is 0. The average molecular weight is 459 g/mol. The smallest absolute Gasteiger partial charge is 0.262 e. The van der Waals surface area contributed by atoms with Gasteiger partial charge in [-0.25, -0.2) is 0 Å². The molecule has 0 atom stereocenters. The molecule has 0 saturated heterocycles. The predicted molar refractivity (Wildman–Crippen MR) is 124 cm³/mol. The van der Waals surface area contributed by atoms with Crippen LogP contribution >= 0.6 is 11.6 Å². The van der Waals surface area contributed by atoms with E-state index in [1.54, 1.807) is 12.3 Å². The van der Waals surface area contributed by atoms with Crippen LogP contribution in [0.2, 0.25) is 5.02 Å². The van der Waals surface area contributed by atoms with Crippen LogP contribution in [0.3, 0.4) is 0 Å². The maximum Gasteiger partial charge on any atom is 0.262 e. The summed E-state index contributed by atoms with van der Waals surface area (Å²) in [6, 6.07) is 5.88. The highest BCUT2D eigenvalue weighted by molar-refractivity contribution is 6.30. The molecule has 0 spiro atoms. The van der Waals surface area contributed by atoms with Crippen LogP contribution in [-0.2, 0) is 16.1 Å². The summed E-state index contributed by atoms with van der Waals surface area (Å²) in [5.74, 6) is 0.813. The summed E-state index contributed by atoms with van der Waals surface area (Å²) in [5.41, 5.74) is 1.63. The molecule has 2 aliphatic rings. The maximum absolute atomic E-state index is 12.4. The number of carbonyl (C=O) groups excluding carboxylic acids is 2. The number of halogens is 1. The number of carbonyl (C=O) groups is 2. The topological polar surface area (TPSA) is 85.2 Å². The second-order valence-corrected chi connectivity index (χ2v) is 9.27. The van der Waals surface area contributed by atoms with Crippen molar-refractivity contribution < 1.29 is 14.3 Å². The third kappa shape index (κ3) is 6.25. The molecular weight excluding hydrogens is 428 g/mol. The summed E-state index contributed by atoms with van der Waals surface area (Å²) in [6.07, 6.45) is 13.5. The van der Waals surface area contributed by atoms with Gasteiger partial charge in [0.2, 0.25) is 5.91 Å². The summed E-state index contributed by atoms with van der Waals surface area (Å²) >= 11 is 6.22. The van der Waals surface area contributed by atoms with Crippen LogP contribution in [0.5, 0.6) is 5.75 Å². The van der Waals surface area contributed by atoms with E-state index in [9.17, 15) is 9.59 Å². The number of hydrogen-bond acceptors (Lipinski definition) is 4. The molecule has 2 saturated carbocycles. The van der Waals surface area contributed by atoms with Gasteiger partial charge in [-0.15, -0.1) is 0 Å². The fourth-order valence-corrected chi connectivity index (χ4v) is 4.91. The lowest BCUT2D eigenvalue weighted by Gasteiger charge is -2.24. The number of aromatic nitrogens is 2. The monoisotopic (exact) mass is 458 g/mol. The van der Waals surface area contributed by atoms with Crippen molar-refractivity contribution in [1.29, 1.82) is 0 Å². The molecule has 172 valence electrons. The van der Waals surface area contributed by atoms with Crippen molar-refractivity contribution in [2.75, 3.05) is 11.9 Å². The van der Waals surface area contributed by atoms with Crippen molar-refractivity contribution in [1.82, 2.24) is 15.1 Å². The average Bonchev–Trinajstić information content (AvgIpc) is 3.45. The second-order valence-electron chi connectivity index (χ2n) is 8.83. The minimum atomic E-state index is -0.274. The Balaban J connectivity index is 1.28. The molecule has 32 heavy (non-hydrogen) atoms. The molecule has 2 amide bonds. The molecule has 0 aliphatic heterocycles. The molecule has 1 aromatic carbocycles. The Morgan fingerprint density at radius 2 is 1.81 bits per heavy atom. The standard InChI is InChI=1S/C24H31ClN4O3/c25-18-10-11-22(21(12-18)17-6-2-1-3-7-17)32-16-24(31)28-20-13-26-29(14-20)15-23(30)27-19-8-4-5-9-19/h10-14,17,19H,1-9,15-16H2,(H,27,30)(H,28,31). The van der Waals surface area contributed by atoms with Gasteiger partial charge in [0.15, 0.2) is 6.61 Å². The number of ether oxygens (including phenoxy) is 1. The highest BCUT2D eigenvalue weighted by Crippen LogP contribution is 2.38. The van der Waals surface area contributed by atoms with Gasteiger partial charge in [0, 0.05) is 17.3 Å². The normalized spacial score (nSPS) is 17.3. The Morgan fingerprint density at radius 3 is 2.59 bits per heavy atom. The lowest BCUT2D eigenvalue weighted by molar-refractivity contribution is -0.122. The number of nitrogens with zero attached hydrogens (tertiary/aromatic N) is 2. The maximum atomic E-state index is 12.4. The number of nitrogens with one attached hydrogen (secondary N) is 2. The summed E-state index contributed by atoms with van der Waals surface area (Å²) < 4.78 is 7.39. The van der Waals surface area contributed by atoms with Crippen molar-refractivity contribution in [3.05, 3.63) is 41.2 Å². The molecule has 7 nitrogen and oxygen atoms in total. The van der Waals surface area contributed by atoms with Gasteiger partial charge in [-0.1, -0.05) is 43.7 Å². The number of anilines is 1. The third-order valence-electron chi connectivity index (χ3n) is 6.32. The molecule has 1 aromatic heterocycles. The zero-order valence-electron chi connectivity index (χ0n) is 18.3. The second kappa shape index (κ2) is 10.9. The van der Waals surface area contributed by atoms with Crippen LogP contribution in [0.1, 0.15) is 69.3 Å². The Bertz CT molecular complexity index is 933. The molecular formula is C24H31ClN4O3. The molecule has 2 N–H and O–H groups in total. The van der Waals surface area contributed by atoms with E-state index >= 15 is 0 Å². The quantitative estimate of drug-likeness (QED) is 0.602. The first-order valence-electron chi connectivity index (χ1n) is 11.6. The highest BCUT2D eigenvalue weighted by Gasteiger charge is 2.21. The summed E-state index contributed by atoms with van der Waals surface area (Å²) in [4.78, 5) is 24.6. The van der Waals surface area contributed by atoms with Gasteiger partial charge in [-0.3, -0.25) is 14.3 Å².